The molecule has 5 aromatic carbocycles. The van der Waals surface area contributed by atoms with Crippen LogP contribution < -0.4 is 43.4 Å². The quantitative estimate of drug-likeness (QED) is 0.0103. The first-order valence-corrected chi connectivity index (χ1v) is 45.4. The van der Waals surface area contributed by atoms with Gasteiger partial charge in [0, 0.05) is 72.2 Å². The third kappa shape index (κ3) is 18.7. The van der Waals surface area contributed by atoms with Crippen LogP contribution in [0.15, 0.2) is 167 Å². The molecule has 8 aromatic rings. The molecule has 3 aromatic heterocycles. The number of hydrogen-bond acceptors (Lipinski definition) is 27. The standard InChI is InChI=1S/C84H96N12O22Si2/c1-46-58(114-79(111)67(102)65(48-19-13-10-14-20-48)93-74(105)49-21-15-11-16-22-49)35-36-84(112)71(116-78(110)51-23-17-12-18-24-51)69-82(5,59(98)40-60-83(69,44-113-60)117-47(2)97)70(103)68(64(46)81(84,3)4)115-63(101)34-33-61(99)88-45-120(8,9)118-119(6,7)38-37-96-76(107)56-30-29-54(39-52(56)41-89-96)90-62(100)32-31-57(77(108)109)92-73(104)50-25-27-53(28-26-50)86-42-55-43-87-72-66(91-55)75(106)95-80(85)94-72/h10-30,39,41,43,57-60,65,67-69,71,86,98,102,112H,31-38,40,42,44-45H2,1-9H3,(H,88,99)(H,90,100)(H,92,104)(H,93,105)(H,108,109)(H3,85,87,94,95,106)/t57-,58-,59-,60+,65-,67+,68+,69-,71-,82+,83-,84+/m0/s1. The van der Waals surface area contributed by atoms with Crippen LogP contribution >= 0.6 is 0 Å². The molecule has 36 heteroatoms. The van der Waals surface area contributed by atoms with Crippen molar-refractivity contribution in [1.82, 2.24) is 45.7 Å². The van der Waals surface area contributed by atoms with Crippen LogP contribution in [0.25, 0.3) is 21.9 Å². The number of carbonyl (C=O) groups is 10. The Morgan fingerprint density at radius 2 is 1.42 bits per heavy atom. The van der Waals surface area contributed by atoms with E-state index in [1.54, 1.807) is 97.1 Å². The van der Waals surface area contributed by atoms with Crippen LogP contribution in [0.5, 0.6) is 0 Å². The molecule has 4 aliphatic rings. The number of H-pyrrole nitrogens is 1. The number of hydrogen-bond donors (Lipinski definition) is 11. The molecule has 0 radical (unpaired) electrons. The van der Waals surface area contributed by atoms with Crippen molar-refractivity contribution in [3.63, 3.8) is 0 Å². The molecule has 34 nitrogen and oxygen atoms in total. The summed E-state index contributed by atoms with van der Waals surface area (Å²) >= 11 is 0. The highest BCUT2D eigenvalue weighted by atomic mass is 28.4. The number of nitrogen functional groups attached to an aromatic ring is 1. The lowest BCUT2D eigenvalue weighted by Crippen LogP contribution is -2.81. The smallest absolute Gasteiger partial charge is 0.338 e. The predicted molar refractivity (Wildman–Crippen MR) is 439 cm³/mol. The molecule has 4 heterocycles. The van der Waals surface area contributed by atoms with Crippen molar-refractivity contribution in [3.05, 3.63) is 206 Å². The maximum absolute atomic E-state index is 16.5. The molecule has 1 saturated heterocycles. The zero-order valence-corrected chi connectivity index (χ0v) is 69.5. The van der Waals surface area contributed by atoms with E-state index in [0.717, 1.165) is 6.92 Å². The van der Waals surface area contributed by atoms with Gasteiger partial charge in [0.1, 0.15) is 30.0 Å². The highest BCUT2D eigenvalue weighted by Gasteiger charge is 2.78. The van der Waals surface area contributed by atoms with Crippen LogP contribution in [0.2, 0.25) is 32.2 Å². The van der Waals surface area contributed by atoms with Gasteiger partial charge >= 0.3 is 29.8 Å². The lowest BCUT2D eigenvalue weighted by Gasteiger charge is -2.66. The second-order valence-electron chi connectivity index (χ2n) is 32.6. The first kappa shape index (κ1) is 87.3. The normalized spacial score (nSPS) is 22.6. The summed E-state index contributed by atoms with van der Waals surface area (Å²) in [6.45, 7) is 14.6. The summed E-state index contributed by atoms with van der Waals surface area (Å²) in [5.74, 6) is -10.8. The number of Topliss-reactive ketones (excluding diaryl/α,β-unsaturated/α-hetero) is 1. The van der Waals surface area contributed by atoms with Gasteiger partial charge in [0.05, 0.1) is 72.1 Å². The molecular weight excluding hydrogens is 1590 g/mol. The van der Waals surface area contributed by atoms with Gasteiger partial charge < -0.3 is 80.5 Å². The number of carboxylic acid groups (broad SMARTS) is 1. The van der Waals surface area contributed by atoms with E-state index in [9.17, 15) is 73.2 Å². The number of aliphatic hydroxyl groups excluding tert-OH is 2. The molecule has 1 aliphatic heterocycles. The molecule has 12 rings (SSSR count). The van der Waals surface area contributed by atoms with Crippen LogP contribution in [-0.4, -0.2) is 193 Å². The molecule has 4 amide bonds. The van der Waals surface area contributed by atoms with E-state index in [2.05, 4.69) is 51.6 Å². The Kier molecular flexibility index (Phi) is 25.8. The summed E-state index contributed by atoms with van der Waals surface area (Å²) in [6, 6.07) is 32.3. The van der Waals surface area contributed by atoms with Gasteiger partial charge in [-0.1, -0.05) is 80.6 Å². The second kappa shape index (κ2) is 35.5. The number of amides is 4. The van der Waals surface area contributed by atoms with Crippen molar-refractivity contribution < 1.29 is 96.2 Å². The SMILES string of the molecule is CC(=O)O[C@@]12CO[C@@H]1C[C@H](O)[C@@]1(C)C(=O)[C@H](OC(=O)CCC(=O)NC[Si](C)(C)O[Si](C)(C)CCn3ncc4cc(NC(=O)CC[C@H](NC(=O)c5ccc(NCc6cnc7nc(N)[nH]c(=O)c7n6)cc5)C(=O)O)ccc4c3=O)C3=C(C)[C@@H](OC(=O)[C@H](O)[C@@H](NC(=O)c4ccccc4)c4ccccc4)CC[C@@](O)([C@@H](OC(=O)c4ccccc4)[C@H]21)C3(C)C. The lowest BCUT2D eigenvalue weighted by molar-refractivity contribution is -0.344. The van der Waals surface area contributed by atoms with Crippen LogP contribution in [0, 0.1) is 16.7 Å². The monoisotopic (exact) mass is 1680 g/mol. The number of aryl methyl sites for hydroxylation is 1. The minimum atomic E-state index is -2.83. The maximum atomic E-state index is 16.5. The fourth-order valence-corrected chi connectivity index (χ4v) is 24.7. The van der Waals surface area contributed by atoms with E-state index in [4.69, 9.17) is 33.5 Å². The van der Waals surface area contributed by atoms with Gasteiger partial charge in [0.15, 0.2) is 51.4 Å². The molecule has 2 saturated carbocycles. The number of rotatable bonds is 30. The minimum Gasteiger partial charge on any atom is -0.480 e. The third-order valence-electron chi connectivity index (χ3n) is 23.0. The zero-order valence-electron chi connectivity index (χ0n) is 67.5. The number of aromatic amines is 1. The summed E-state index contributed by atoms with van der Waals surface area (Å²) in [7, 11) is -5.52. The average Bonchev–Trinajstić information content (AvgIpc) is 0.979. The first-order chi connectivity index (χ1) is 56.8. The van der Waals surface area contributed by atoms with Crippen molar-refractivity contribution in [3.8, 4) is 0 Å². The van der Waals surface area contributed by atoms with E-state index in [-0.39, 0.29) is 95.3 Å². The van der Waals surface area contributed by atoms with Crippen molar-refractivity contribution in [2.45, 2.75) is 185 Å². The number of aromatic nitrogens is 6. The molecule has 632 valence electrons. The highest BCUT2D eigenvalue weighted by molar-refractivity contribution is 6.85. The van der Waals surface area contributed by atoms with Gasteiger partial charge in [-0.25, -0.2) is 29.0 Å². The largest absolute Gasteiger partial charge is 0.480 e. The Bertz CT molecular complexity index is 5450. The summed E-state index contributed by atoms with van der Waals surface area (Å²) in [5, 5.41) is 68.0. The van der Waals surface area contributed by atoms with Gasteiger partial charge in [0.25, 0.3) is 22.9 Å². The van der Waals surface area contributed by atoms with Crippen LogP contribution in [0.3, 0.4) is 0 Å². The number of esters is 4. The Hall–Kier alpha value is -12.1. The molecule has 2 bridgehead atoms. The Labute approximate surface area is 690 Å². The summed E-state index contributed by atoms with van der Waals surface area (Å²) in [4.78, 5) is 182. The third-order valence-corrected chi connectivity index (χ3v) is 29.9. The number of benzene rings is 5. The molecular formula is C84H96N12O22Si2. The number of ether oxygens (including phenoxy) is 5. The first-order valence-electron chi connectivity index (χ1n) is 39.2. The molecule has 12 N–H and O–H groups in total. The molecule has 120 heavy (non-hydrogen) atoms. The number of anilines is 3. The number of aliphatic hydroxyl groups is 3. The van der Waals surface area contributed by atoms with Crippen molar-refractivity contribution in [2.24, 2.45) is 16.7 Å². The van der Waals surface area contributed by atoms with Crippen molar-refractivity contribution in [2.75, 3.05) is 29.1 Å². The number of nitrogens with zero attached hydrogens (tertiary/aromatic N) is 5. The fraction of sp³-hybridized carbons (Fsp3) is 0.405. The number of ketones is 1. The summed E-state index contributed by atoms with van der Waals surface area (Å²) < 4.78 is 39.6. The molecule has 0 spiro atoms. The Morgan fingerprint density at radius 1 is 0.767 bits per heavy atom. The van der Waals surface area contributed by atoms with E-state index >= 15 is 4.79 Å². The fourth-order valence-electron chi connectivity index (χ4n) is 16.7. The topological polar surface area (TPSA) is 500 Å². The van der Waals surface area contributed by atoms with Crippen LogP contribution in [0.1, 0.15) is 128 Å². The Balaban J connectivity index is 0.692. The molecule has 3 aliphatic carbocycles. The van der Waals surface area contributed by atoms with E-state index in [1.165, 1.54) is 81.2 Å². The van der Waals surface area contributed by atoms with Gasteiger partial charge in [-0.05, 0) is 149 Å². The van der Waals surface area contributed by atoms with Gasteiger partial charge in [-0.3, -0.25) is 48.1 Å². The summed E-state index contributed by atoms with van der Waals surface area (Å²) in [6.07, 6.45) is -10.3. The number of carboxylic acids is 1. The Morgan fingerprint density at radius 3 is 2.08 bits per heavy atom. The minimum absolute atomic E-state index is 0.00960. The lowest BCUT2D eigenvalue weighted by atomic mass is 9.46. The van der Waals surface area contributed by atoms with Gasteiger partial charge in [0.2, 0.25) is 17.8 Å². The van der Waals surface area contributed by atoms with Gasteiger partial charge in [-0.2, -0.15) is 10.1 Å². The molecule has 3 fully saturated rings. The van der Waals surface area contributed by atoms with E-state index in [1.807, 2.05) is 26.2 Å². The van der Waals surface area contributed by atoms with E-state index < -0.39 is 190 Å². The van der Waals surface area contributed by atoms with Gasteiger partial charge in [-0.15, -0.1) is 0 Å². The van der Waals surface area contributed by atoms with Crippen LogP contribution in [0.4, 0.5) is 17.3 Å². The average molecular weight is 1680 g/mol. The predicted octanol–water partition coefficient (Wildman–Crippen LogP) is 6.20. The van der Waals surface area contributed by atoms with E-state index in [0.29, 0.717) is 34.1 Å². The highest BCUT2D eigenvalue weighted by Crippen LogP contribution is 2.64. The maximum Gasteiger partial charge on any atom is 0.338 e. The number of nitrogens with two attached hydrogens (primary N) is 1. The number of aliphatic carboxylic acids is 1. The number of carbonyl (C=O) groups excluding carboxylic acids is 9. The van der Waals surface area contributed by atoms with Crippen molar-refractivity contribution in [1.29, 1.82) is 0 Å². The van der Waals surface area contributed by atoms with Crippen molar-refractivity contribution >= 4 is 115 Å². The number of nitrogens with one attached hydrogen (secondary N) is 6. The second-order valence-corrected chi connectivity index (χ2v) is 41.3. The summed E-state index contributed by atoms with van der Waals surface area (Å²) in [5.41, 5.74) is -1.87. The van der Waals surface area contributed by atoms with Crippen LogP contribution in [-0.2, 0) is 74.5 Å². The molecule has 12 atom stereocenters. The zero-order chi connectivity index (χ0) is 86.6. The number of fused-ring (bicyclic) bond motifs is 7. The molecule has 0 unspecified atom stereocenters.